The summed E-state index contributed by atoms with van der Waals surface area (Å²) >= 11 is 0. The van der Waals surface area contributed by atoms with Crippen molar-refractivity contribution in [1.29, 1.82) is 0 Å². The van der Waals surface area contributed by atoms with Crippen LogP contribution in [0.25, 0.3) is 0 Å². The number of nitrogens with one attached hydrogen (secondary N) is 1. The maximum atomic E-state index is 13.0. The highest BCUT2D eigenvalue weighted by Crippen LogP contribution is 2.34. The van der Waals surface area contributed by atoms with Gasteiger partial charge in [0, 0.05) is 63.2 Å². The maximum Gasteiger partial charge on any atom is 0.253 e. The minimum absolute atomic E-state index is 0.0853. The standard InChI is InChI=1S/C28H39N5O3S/c1-4-19(2)32(3)27(34)22-7-5-6-21(18-22)20-8-13-33(14-9-20)28-30-24-12-17-37(35)25(24)26(31-28)29-23-10-15-36-16-11-23/h5-7,18-20,23H,4,8-17H2,1-3H3,(H,29,30,31). The quantitative estimate of drug-likeness (QED) is 0.585. The molecule has 0 spiro atoms. The SMILES string of the molecule is CCC(C)N(C)C(=O)c1cccc(C2CCN(c3nc4c(c(NC5CCOCC5)n3)S(=O)CC4)CC2)c1. The monoisotopic (exact) mass is 525 g/mol. The summed E-state index contributed by atoms with van der Waals surface area (Å²) in [5.74, 6) is 2.60. The first-order valence-electron chi connectivity index (χ1n) is 13.7. The van der Waals surface area contributed by atoms with E-state index in [0.29, 0.717) is 17.7 Å². The first-order valence-corrected chi connectivity index (χ1v) is 15.0. The Morgan fingerprint density at radius 2 is 1.97 bits per heavy atom. The van der Waals surface area contributed by atoms with Gasteiger partial charge in [0.1, 0.15) is 10.7 Å². The first-order chi connectivity index (χ1) is 17.9. The van der Waals surface area contributed by atoms with E-state index in [-0.39, 0.29) is 11.9 Å². The highest BCUT2D eigenvalue weighted by molar-refractivity contribution is 7.85. The third kappa shape index (κ3) is 5.67. The van der Waals surface area contributed by atoms with E-state index in [1.54, 1.807) is 0 Å². The van der Waals surface area contributed by atoms with Crippen LogP contribution in [0.3, 0.4) is 0 Å². The van der Waals surface area contributed by atoms with E-state index in [4.69, 9.17) is 14.7 Å². The molecular formula is C28H39N5O3S. The van der Waals surface area contributed by atoms with E-state index in [2.05, 4.69) is 36.2 Å². The molecule has 1 amide bonds. The van der Waals surface area contributed by atoms with Gasteiger partial charge in [0.05, 0.1) is 16.5 Å². The molecule has 1 N–H and O–H groups in total. The van der Waals surface area contributed by atoms with Crippen LogP contribution < -0.4 is 10.2 Å². The lowest BCUT2D eigenvalue weighted by molar-refractivity contribution is 0.0740. The summed E-state index contributed by atoms with van der Waals surface area (Å²) in [4.78, 5) is 27.7. The Balaban J connectivity index is 1.29. The minimum atomic E-state index is -1.04. The Morgan fingerprint density at radius 1 is 1.22 bits per heavy atom. The number of hydrogen-bond donors (Lipinski definition) is 1. The molecule has 9 heteroatoms. The van der Waals surface area contributed by atoms with E-state index in [1.165, 1.54) is 5.56 Å². The van der Waals surface area contributed by atoms with Gasteiger partial charge in [-0.2, -0.15) is 4.98 Å². The fraction of sp³-hybridized carbons (Fsp3) is 0.607. The molecule has 0 bridgehead atoms. The Kier molecular flexibility index (Phi) is 8.09. The van der Waals surface area contributed by atoms with Crippen LogP contribution in [0.5, 0.6) is 0 Å². The summed E-state index contributed by atoms with van der Waals surface area (Å²) in [6.07, 6.45) is 5.50. The first kappa shape index (κ1) is 26.1. The topological polar surface area (TPSA) is 87.7 Å². The Bertz CT molecular complexity index is 1140. The van der Waals surface area contributed by atoms with Crippen molar-refractivity contribution in [3.63, 3.8) is 0 Å². The lowest BCUT2D eigenvalue weighted by Crippen LogP contribution is -2.35. The molecule has 5 rings (SSSR count). The van der Waals surface area contributed by atoms with E-state index in [0.717, 1.165) is 92.7 Å². The molecule has 2 unspecified atom stereocenters. The lowest BCUT2D eigenvalue weighted by atomic mass is 9.88. The number of aryl methyl sites for hydroxylation is 1. The number of piperidine rings is 1. The van der Waals surface area contributed by atoms with Gasteiger partial charge in [-0.3, -0.25) is 9.00 Å². The molecule has 1 aromatic heterocycles. The number of hydrogen-bond acceptors (Lipinski definition) is 7. The van der Waals surface area contributed by atoms with Gasteiger partial charge in [-0.25, -0.2) is 4.98 Å². The summed E-state index contributed by atoms with van der Waals surface area (Å²) in [5, 5.41) is 3.58. The predicted octanol–water partition coefficient (Wildman–Crippen LogP) is 3.99. The van der Waals surface area contributed by atoms with E-state index in [9.17, 15) is 9.00 Å². The molecule has 200 valence electrons. The smallest absolute Gasteiger partial charge is 0.253 e. The summed E-state index contributed by atoms with van der Waals surface area (Å²) < 4.78 is 18.2. The average molecular weight is 526 g/mol. The fourth-order valence-electron chi connectivity index (χ4n) is 5.47. The van der Waals surface area contributed by atoms with Crippen LogP contribution >= 0.6 is 0 Å². The predicted molar refractivity (Wildman–Crippen MR) is 147 cm³/mol. The van der Waals surface area contributed by atoms with E-state index < -0.39 is 10.8 Å². The van der Waals surface area contributed by atoms with Crippen LogP contribution in [0.15, 0.2) is 29.2 Å². The molecule has 0 aliphatic carbocycles. The van der Waals surface area contributed by atoms with Crippen LogP contribution in [-0.2, 0) is 22.0 Å². The summed E-state index contributed by atoms with van der Waals surface area (Å²) in [6.45, 7) is 7.39. The number of benzene rings is 1. The summed E-state index contributed by atoms with van der Waals surface area (Å²) in [7, 11) is 0.849. The van der Waals surface area contributed by atoms with E-state index in [1.807, 2.05) is 24.1 Å². The van der Waals surface area contributed by atoms with Crippen molar-refractivity contribution in [2.45, 2.75) is 75.3 Å². The van der Waals surface area contributed by atoms with Crippen molar-refractivity contribution in [3.05, 3.63) is 41.1 Å². The second-order valence-corrected chi connectivity index (χ2v) is 12.0. The van der Waals surface area contributed by atoms with Gasteiger partial charge in [0.25, 0.3) is 5.91 Å². The highest BCUT2D eigenvalue weighted by atomic mass is 32.2. The Labute approximate surface area is 222 Å². The van der Waals surface area contributed by atoms with Gasteiger partial charge in [-0.1, -0.05) is 19.1 Å². The normalized spacial score (nSPS) is 21.5. The second-order valence-electron chi connectivity index (χ2n) is 10.5. The number of rotatable bonds is 7. The van der Waals surface area contributed by atoms with Gasteiger partial charge < -0.3 is 19.9 Å². The number of carbonyl (C=O) groups is 1. The number of nitrogens with zero attached hydrogens (tertiary/aromatic N) is 4. The van der Waals surface area contributed by atoms with Crippen molar-refractivity contribution >= 4 is 28.5 Å². The molecule has 4 heterocycles. The number of ether oxygens (including phenoxy) is 1. The summed E-state index contributed by atoms with van der Waals surface area (Å²) in [6, 6.07) is 8.68. The molecule has 3 aliphatic rings. The molecule has 8 nitrogen and oxygen atoms in total. The van der Waals surface area contributed by atoms with Crippen molar-refractivity contribution in [2.24, 2.45) is 0 Å². The molecular weight excluding hydrogens is 486 g/mol. The van der Waals surface area contributed by atoms with Crippen molar-refractivity contribution in [2.75, 3.05) is 49.3 Å². The Hall–Kier alpha value is -2.52. The molecule has 3 aliphatic heterocycles. The van der Waals surface area contributed by atoms with Crippen molar-refractivity contribution in [3.8, 4) is 0 Å². The van der Waals surface area contributed by atoms with Gasteiger partial charge in [-0.15, -0.1) is 0 Å². The van der Waals surface area contributed by atoms with Gasteiger partial charge in [-0.05, 0) is 62.6 Å². The third-order valence-corrected chi connectivity index (χ3v) is 9.65. The second kappa shape index (κ2) is 11.5. The average Bonchev–Trinajstić information content (AvgIpc) is 3.33. The van der Waals surface area contributed by atoms with Crippen LogP contribution in [0.4, 0.5) is 11.8 Å². The highest BCUT2D eigenvalue weighted by Gasteiger charge is 2.30. The molecule has 1 aromatic carbocycles. The molecule has 0 saturated carbocycles. The lowest BCUT2D eigenvalue weighted by Gasteiger charge is -2.33. The molecule has 2 fully saturated rings. The fourth-order valence-corrected chi connectivity index (χ4v) is 6.79. The number of aromatic nitrogens is 2. The zero-order chi connectivity index (χ0) is 25.9. The summed E-state index contributed by atoms with van der Waals surface area (Å²) in [5.41, 5.74) is 2.92. The van der Waals surface area contributed by atoms with Gasteiger partial charge in [0.2, 0.25) is 5.95 Å². The third-order valence-electron chi connectivity index (χ3n) is 8.19. The molecule has 0 radical (unpaired) electrons. The van der Waals surface area contributed by atoms with Crippen LogP contribution in [0.2, 0.25) is 0 Å². The zero-order valence-electron chi connectivity index (χ0n) is 22.2. The van der Waals surface area contributed by atoms with Crippen molar-refractivity contribution in [1.82, 2.24) is 14.9 Å². The molecule has 2 aromatic rings. The molecule has 37 heavy (non-hydrogen) atoms. The largest absolute Gasteiger partial charge is 0.381 e. The van der Waals surface area contributed by atoms with Crippen molar-refractivity contribution < 1.29 is 13.7 Å². The number of amides is 1. The number of anilines is 2. The Morgan fingerprint density at radius 3 is 2.70 bits per heavy atom. The maximum absolute atomic E-state index is 13.0. The zero-order valence-corrected chi connectivity index (χ0v) is 23.1. The number of fused-ring (bicyclic) bond motifs is 1. The number of carbonyl (C=O) groups excluding carboxylic acids is 1. The molecule has 2 atom stereocenters. The van der Waals surface area contributed by atoms with Crippen LogP contribution in [-0.4, -0.2) is 76.2 Å². The van der Waals surface area contributed by atoms with Gasteiger partial charge >= 0.3 is 0 Å². The van der Waals surface area contributed by atoms with Crippen LogP contribution in [0.1, 0.15) is 73.5 Å². The van der Waals surface area contributed by atoms with E-state index >= 15 is 0 Å². The van der Waals surface area contributed by atoms with Crippen LogP contribution in [0, 0.1) is 0 Å². The minimum Gasteiger partial charge on any atom is -0.381 e. The molecule has 2 saturated heterocycles. The van der Waals surface area contributed by atoms with Gasteiger partial charge in [0.15, 0.2) is 0 Å².